The fourth-order valence-electron chi connectivity index (χ4n) is 3.40. The zero-order valence-corrected chi connectivity index (χ0v) is 15.1. The Morgan fingerprint density at radius 3 is 2.46 bits per heavy atom. The number of aromatic nitrogens is 4. The van der Waals surface area contributed by atoms with E-state index in [1.165, 1.54) is 5.56 Å². The molecular weight excluding hydrogens is 324 g/mol. The SMILES string of the molecule is CCn1cc(CN2CCN(c3nccnc3-c3ccccc3)CC2)cn1. The van der Waals surface area contributed by atoms with E-state index in [2.05, 4.69) is 50.1 Å². The Labute approximate surface area is 154 Å². The highest BCUT2D eigenvalue weighted by Crippen LogP contribution is 2.27. The minimum absolute atomic E-state index is 0.919. The molecule has 3 aromatic rings. The third-order valence-corrected chi connectivity index (χ3v) is 4.81. The predicted octanol–water partition coefficient (Wildman–Crippen LogP) is 2.68. The lowest BCUT2D eigenvalue weighted by Gasteiger charge is -2.35. The van der Waals surface area contributed by atoms with Crippen LogP contribution in [0.5, 0.6) is 0 Å². The molecule has 0 spiro atoms. The van der Waals surface area contributed by atoms with E-state index in [0.717, 1.165) is 56.3 Å². The van der Waals surface area contributed by atoms with Crippen molar-refractivity contribution in [1.82, 2.24) is 24.6 Å². The molecule has 26 heavy (non-hydrogen) atoms. The van der Waals surface area contributed by atoms with Crippen LogP contribution < -0.4 is 4.90 Å². The molecule has 0 unspecified atom stereocenters. The highest BCUT2D eigenvalue weighted by atomic mass is 15.3. The van der Waals surface area contributed by atoms with Gasteiger partial charge in [-0.25, -0.2) is 4.98 Å². The number of piperazine rings is 1. The van der Waals surface area contributed by atoms with Crippen molar-refractivity contribution >= 4 is 5.82 Å². The average molecular weight is 348 g/mol. The van der Waals surface area contributed by atoms with E-state index in [9.17, 15) is 0 Å². The van der Waals surface area contributed by atoms with E-state index in [1.807, 2.05) is 29.1 Å². The summed E-state index contributed by atoms with van der Waals surface area (Å²) in [7, 11) is 0. The summed E-state index contributed by atoms with van der Waals surface area (Å²) in [5, 5.41) is 4.37. The van der Waals surface area contributed by atoms with Crippen LogP contribution in [0.15, 0.2) is 55.1 Å². The molecule has 1 aliphatic rings. The minimum atomic E-state index is 0.919. The summed E-state index contributed by atoms with van der Waals surface area (Å²) in [4.78, 5) is 14.1. The fourth-order valence-corrected chi connectivity index (χ4v) is 3.40. The van der Waals surface area contributed by atoms with Crippen LogP contribution in [0.4, 0.5) is 5.82 Å². The summed E-state index contributed by atoms with van der Waals surface area (Å²) >= 11 is 0. The van der Waals surface area contributed by atoms with Crippen LogP contribution in [-0.4, -0.2) is 50.8 Å². The smallest absolute Gasteiger partial charge is 0.155 e. The molecule has 134 valence electrons. The molecule has 1 aliphatic heterocycles. The van der Waals surface area contributed by atoms with E-state index in [0.29, 0.717) is 0 Å². The summed E-state index contributed by atoms with van der Waals surface area (Å²) in [6.45, 7) is 7.94. The molecule has 3 heterocycles. The number of nitrogens with zero attached hydrogens (tertiary/aromatic N) is 6. The van der Waals surface area contributed by atoms with Gasteiger partial charge in [0.1, 0.15) is 5.69 Å². The van der Waals surface area contributed by atoms with Gasteiger partial charge < -0.3 is 4.90 Å². The first-order valence-electron chi connectivity index (χ1n) is 9.18. The molecule has 6 nitrogen and oxygen atoms in total. The van der Waals surface area contributed by atoms with Gasteiger partial charge >= 0.3 is 0 Å². The lowest BCUT2D eigenvalue weighted by molar-refractivity contribution is 0.249. The van der Waals surface area contributed by atoms with Crippen LogP contribution in [0.3, 0.4) is 0 Å². The van der Waals surface area contributed by atoms with Crippen LogP contribution >= 0.6 is 0 Å². The second-order valence-electron chi connectivity index (χ2n) is 6.56. The zero-order valence-electron chi connectivity index (χ0n) is 15.1. The monoisotopic (exact) mass is 348 g/mol. The highest BCUT2D eigenvalue weighted by Gasteiger charge is 2.21. The third-order valence-electron chi connectivity index (χ3n) is 4.81. The van der Waals surface area contributed by atoms with Crippen molar-refractivity contribution in [2.45, 2.75) is 20.0 Å². The number of hydrogen-bond donors (Lipinski definition) is 0. The summed E-state index contributed by atoms with van der Waals surface area (Å²) < 4.78 is 1.98. The fraction of sp³-hybridized carbons (Fsp3) is 0.350. The Balaban J connectivity index is 1.44. The Hall–Kier alpha value is -2.73. The molecule has 1 fully saturated rings. The van der Waals surface area contributed by atoms with Gasteiger partial charge in [0.2, 0.25) is 0 Å². The van der Waals surface area contributed by atoms with Gasteiger partial charge in [0, 0.05) is 69.0 Å². The van der Waals surface area contributed by atoms with Crippen LogP contribution in [0.2, 0.25) is 0 Å². The number of anilines is 1. The van der Waals surface area contributed by atoms with Gasteiger partial charge in [-0.1, -0.05) is 30.3 Å². The third kappa shape index (κ3) is 3.60. The van der Waals surface area contributed by atoms with Crippen molar-refractivity contribution in [1.29, 1.82) is 0 Å². The van der Waals surface area contributed by atoms with E-state index in [1.54, 1.807) is 12.4 Å². The maximum absolute atomic E-state index is 4.63. The van der Waals surface area contributed by atoms with Crippen LogP contribution in [-0.2, 0) is 13.1 Å². The second kappa shape index (κ2) is 7.66. The standard InChI is InChI=1S/C20H24N6/c1-2-26-16-17(14-23-26)15-24-10-12-25(13-11-24)20-19(21-8-9-22-20)18-6-4-3-5-7-18/h3-9,14,16H,2,10-13,15H2,1H3. The van der Waals surface area contributed by atoms with Crippen molar-refractivity contribution in [3.63, 3.8) is 0 Å². The molecule has 0 bridgehead atoms. The molecule has 0 aliphatic carbocycles. The molecule has 0 N–H and O–H groups in total. The van der Waals surface area contributed by atoms with E-state index < -0.39 is 0 Å². The van der Waals surface area contributed by atoms with Gasteiger partial charge in [-0.2, -0.15) is 5.10 Å². The summed E-state index contributed by atoms with van der Waals surface area (Å²) in [5.74, 6) is 0.983. The number of aryl methyl sites for hydroxylation is 1. The molecule has 0 amide bonds. The largest absolute Gasteiger partial charge is 0.352 e. The van der Waals surface area contributed by atoms with Crippen molar-refractivity contribution in [2.75, 3.05) is 31.1 Å². The maximum atomic E-state index is 4.63. The second-order valence-corrected chi connectivity index (χ2v) is 6.56. The average Bonchev–Trinajstić information content (AvgIpc) is 3.17. The van der Waals surface area contributed by atoms with Gasteiger partial charge in [0.15, 0.2) is 5.82 Å². The Morgan fingerprint density at radius 2 is 1.73 bits per heavy atom. The summed E-state index contributed by atoms with van der Waals surface area (Å²) in [5.41, 5.74) is 3.36. The van der Waals surface area contributed by atoms with E-state index in [4.69, 9.17) is 0 Å². The Morgan fingerprint density at radius 1 is 0.962 bits per heavy atom. The van der Waals surface area contributed by atoms with Gasteiger partial charge in [-0.05, 0) is 6.92 Å². The number of benzene rings is 1. The molecule has 2 aromatic heterocycles. The zero-order chi connectivity index (χ0) is 17.8. The number of rotatable bonds is 5. The Kier molecular flexibility index (Phi) is 4.93. The highest BCUT2D eigenvalue weighted by molar-refractivity contribution is 5.71. The molecule has 0 saturated carbocycles. The molecule has 4 rings (SSSR count). The first-order valence-corrected chi connectivity index (χ1v) is 9.18. The number of hydrogen-bond acceptors (Lipinski definition) is 5. The Bertz CT molecular complexity index is 836. The van der Waals surface area contributed by atoms with Crippen molar-refractivity contribution < 1.29 is 0 Å². The summed E-state index contributed by atoms with van der Waals surface area (Å²) in [6.07, 6.45) is 7.68. The van der Waals surface area contributed by atoms with Gasteiger partial charge in [-0.3, -0.25) is 14.6 Å². The van der Waals surface area contributed by atoms with Gasteiger partial charge in [-0.15, -0.1) is 0 Å². The molecule has 1 aromatic carbocycles. The van der Waals surface area contributed by atoms with Gasteiger partial charge in [0.25, 0.3) is 0 Å². The van der Waals surface area contributed by atoms with Crippen LogP contribution in [0.25, 0.3) is 11.3 Å². The first kappa shape index (κ1) is 16.7. The van der Waals surface area contributed by atoms with E-state index in [-0.39, 0.29) is 0 Å². The quantitative estimate of drug-likeness (QED) is 0.709. The van der Waals surface area contributed by atoms with Crippen molar-refractivity contribution in [3.8, 4) is 11.3 Å². The normalized spacial score (nSPS) is 15.3. The molecule has 1 saturated heterocycles. The molecule has 6 heteroatoms. The maximum Gasteiger partial charge on any atom is 0.155 e. The van der Waals surface area contributed by atoms with Crippen molar-refractivity contribution in [3.05, 3.63) is 60.7 Å². The van der Waals surface area contributed by atoms with E-state index >= 15 is 0 Å². The van der Waals surface area contributed by atoms with Crippen molar-refractivity contribution in [2.24, 2.45) is 0 Å². The van der Waals surface area contributed by atoms with Gasteiger partial charge in [0.05, 0.1) is 6.20 Å². The molecular formula is C20H24N6. The lowest BCUT2D eigenvalue weighted by atomic mass is 10.1. The molecule has 0 radical (unpaired) electrons. The summed E-state index contributed by atoms with van der Waals surface area (Å²) in [6, 6.07) is 10.3. The van der Waals surface area contributed by atoms with Crippen LogP contribution in [0, 0.1) is 0 Å². The molecule has 0 atom stereocenters. The first-order chi connectivity index (χ1) is 12.8. The lowest BCUT2D eigenvalue weighted by Crippen LogP contribution is -2.46. The minimum Gasteiger partial charge on any atom is -0.352 e. The topological polar surface area (TPSA) is 50.1 Å². The van der Waals surface area contributed by atoms with Crippen LogP contribution in [0.1, 0.15) is 12.5 Å². The predicted molar refractivity (Wildman–Crippen MR) is 103 cm³/mol.